The van der Waals surface area contributed by atoms with Gasteiger partial charge >= 0.3 is 0 Å². The summed E-state index contributed by atoms with van der Waals surface area (Å²) in [6, 6.07) is 0.776. The Morgan fingerprint density at radius 1 is 0.909 bits per heavy atom. The van der Waals surface area contributed by atoms with Gasteiger partial charge in [-0.25, -0.2) is 0 Å². The fourth-order valence-corrected chi connectivity index (χ4v) is 3.05. The molecule has 0 N–H and O–H groups in total. The minimum atomic E-state index is 0.776. The van der Waals surface area contributed by atoms with E-state index in [9.17, 15) is 0 Å². The van der Waals surface area contributed by atoms with E-state index in [1.165, 1.54) is 39.0 Å². The molecule has 0 bridgehead atoms. The predicted octanol–water partition coefficient (Wildman–Crippen LogP) is 3.37. The highest BCUT2D eigenvalue weighted by atomic mass is 15.3. The molecule has 2 aliphatic rings. The summed E-state index contributed by atoms with van der Waals surface area (Å²) in [5.74, 6) is 0. The molecule has 0 spiro atoms. The van der Waals surface area contributed by atoms with Crippen LogP contribution < -0.4 is 0 Å². The van der Waals surface area contributed by atoms with Crippen molar-refractivity contribution in [2.75, 3.05) is 46.3 Å². The zero-order valence-corrected chi connectivity index (χ0v) is 15.1. The van der Waals surface area contributed by atoms with Gasteiger partial charge in [0.25, 0.3) is 0 Å². The molecule has 2 heterocycles. The third kappa shape index (κ3) is 5.98. The maximum Gasteiger partial charge on any atom is 0.0293 e. The number of piperazine rings is 1. The van der Waals surface area contributed by atoms with Crippen molar-refractivity contribution in [2.24, 2.45) is 0 Å². The minimum Gasteiger partial charge on any atom is -0.372 e. The van der Waals surface area contributed by atoms with Crippen molar-refractivity contribution in [2.45, 2.75) is 39.7 Å². The van der Waals surface area contributed by atoms with E-state index in [0.29, 0.717) is 0 Å². The zero-order valence-electron chi connectivity index (χ0n) is 15.1. The molecule has 0 saturated carbocycles. The first-order chi connectivity index (χ1) is 10.6. The summed E-state index contributed by atoms with van der Waals surface area (Å²) in [6.45, 7) is 21.3. The van der Waals surface area contributed by atoms with Crippen LogP contribution in [-0.4, -0.2) is 67.1 Å². The Morgan fingerprint density at radius 3 is 1.95 bits per heavy atom. The van der Waals surface area contributed by atoms with Gasteiger partial charge in [-0.1, -0.05) is 38.7 Å². The lowest BCUT2D eigenvalue weighted by Crippen LogP contribution is -2.52. The van der Waals surface area contributed by atoms with Crippen molar-refractivity contribution in [1.82, 2.24) is 14.7 Å². The number of piperidine rings is 1. The summed E-state index contributed by atoms with van der Waals surface area (Å²) >= 11 is 0. The quantitative estimate of drug-likeness (QED) is 0.737. The van der Waals surface area contributed by atoms with Gasteiger partial charge < -0.3 is 9.80 Å². The second kappa shape index (κ2) is 9.86. The van der Waals surface area contributed by atoms with Gasteiger partial charge in [0.05, 0.1) is 0 Å². The molecule has 3 nitrogen and oxygen atoms in total. The minimum absolute atomic E-state index is 0.776. The van der Waals surface area contributed by atoms with Gasteiger partial charge in [0.1, 0.15) is 0 Å². The van der Waals surface area contributed by atoms with Gasteiger partial charge in [0.2, 0.25) is 0 Å². The van der Waals surface area contributed by atoms with Crippen LogP contribution in [0.4, 0.5) is 0 Å². The smallest absolute Gasteiger partial charge is 0.0293 e. The Labute approximate surface area is 138 Å². The predicted molar refractivity (Wildman–Crippen MR) is 98.1 cm³/mol. The van der Waals surface area contributed by atoms with E-state index in [0.717, 1.165) is 30.4 Å². The Bertz CT molecular complexity index is 370. The molecule has 2 fully saturated rings. The molecule has 2 rings (SSSR count). The van der Waals surface area contributed by atoms with Crippen LogP contribution in [-0.2, 0) is 0 Å². The fourth-order valence-electron chi connectivity index (χ4n) is 3.05. The van der Waals surface area contributed by atoms with Crippen LogP contribution in [0.25, 0.3) is 0 Å². The monoisotopic (exact) mass is 305 g/mol. The lowest BCUT2D eigenvalue weighted by Gasteiger charge is -2.42. The summed E-state index contributed by atoms with van der Waals surface area (Å²) in [5, 5.41) is 0. The van der Waals surface area contributed by atoms with E-state index in [4.69, 9.17) is 0 Å². The summed E-state index contributed by atoms with van der Waals surface area (Å²) in [7, 11) is 2.22. The van der Waals surface area contributed by atoms with Crippen molar-refractivity contribution < 1.29 is 0 Å². The third-order valence-corrected chi connectivity index (χ3v) is 4.49. The van der Waals surface area contributed by atoms with Crippen LogP contribution in [0, 0.1) is 0 Å². The first-order valence-electron chi connectivity index (χ1n) is 8.76. The lowest BCUT2D eigenvalue weighted by molar-refractivity contribution is 0.0766. The number of allylic oxidation sites excluding steroid dienone is 3. The summed E-state index contributed by atoms with van der Waals surface area (Å²) in [6.07, 6.45) is 6.68. The topological polar surface area (TPSA) is 9.72 Å². The maximum atomic E-state index is 4.18. The van der Waals surface area contributed by atoms with E-state index in [1.807, 2.05) is 20.8 Å². The van der Waals surface area contributed by atoms with Crippen molar-refractivity contribution in [3.8, 4) is 0 Å². The average Bonchev–Trinajstić information content (AvgIpc) is 2.55. The van der Waals surface area contributed by atoms with E-state index in [1.54, 1.807) is 0 Å². The van der Waals surface area contributed by atoms with Crippen molar-refractivity contribution in [3.05, 3.63) is 36.6 Å². The summed E-state index contributed by atoms with van der Waals surface area (Å²) < 4.78 is 0. The number of nitrogens with zero attached hydrogens (tertiary/aromatic N) is 3. The van der Waals surface area contributed by atoms with Gasteiger partial charge in [-0.15, -0.1) is 0 Å². The molecular weight excluding hydrogens is 270 g/mol. The Morgan fingerprint density at radius 2 is 1.45 bits per heavy atom. The highest BCUT2D eigenvalue weighted by molar-refractivity contribution is 5.22. The second-order valence-corrected chi connectivity index (χ2v) is 6.23. The average molecular weight is 306 g/mol. The van der Waals surface area contributed by atoms with Crippen LogP contribution in [0.5, 0.6) is 0 Å². The zero-order chi connectivity index (χ0) is 16.5. The molecule has 0 aromatic heterocycles. The van der Waals surface area contributed by atoms with Crippen LogP contribution in [0.2, 0.25) is 0 Å². The third-order valence-electron chi connectivity index (χ3n) is 4.49. The molecule has 22 heavy (non-hydrogen) atoms. The Hall–Kier alpha value is -1.06. The van der Waals surface area contributed by atoms with Crippen LogP contribution in [0.1, 0.15) is 33.6 Å². The van der Waals surface area contributed by atoms with Crippen molar-refractivity contribution in [3.63, 3.8) is 0 Å². The molecule has 0 unspecified atom stereocenters. The molecular formula is C19H35N3. The molecule has 0 aromatic rings. The van der Waals surface area contributed by atoms with Crippen LogP contribution in [0.3, 0.4) is 0 Å². The first-order valence-corrected chi connectivity index (χ1v) is 8.76. The molecule has 0 atom stereocenters. The molecule has 3 heteroatoms. The van der Waals surface area contributed by atoms with Gasteiger partial charge in [0, 0.05) is 51.0 Å². The lowest BCUT2D eigenvalue weighted by atomic mass is 10.0. The highest BCUT2D eigenvalue weighted by Gasteiger charge is 2.26. The standard InChI is InChI=1S/C17H29N3.C2H6/c1-15(2)5-6-16(3)19-9-7-17(8-10-19)20-13-11-18(4)12-14-20;1-2/h5-6,17H,1,3,7-14H2,2,4H3;1-2H3/b6-5-;. The summed E-state index contributed by atoms with van der Waals surface area (Å²) in [4.78, 5) is 7.52. The fraction of sp³-hybridized carbons (Fsp3) is 0.684. The van der Waals surface area contributed by atoms with Crippen LogP contribution >= 0.6 is 0 Å². The summed E-state index contributed by atoms with van der Waals surface area (Å²) in [5.41, 5.74) is 2.21. The molecule has 2 aliphatic heterocycles. The number of hydrogen-bond donors (Lipinski definition) is 0. The van der Waals surface area contributed by atoms with Crippen molar-refractivity contribution in [1.29, 1.82) is 0 Å². The number of hydrogen-bond acceptors (Lipinski definition) is 3. The van der Waals surface area contributed by atoms with E-state index >= 15 is 0 Å². The molecule has 0 amide bonds. The van der Waals surface area contributed by atoms with E-state index < -0.39 is 0 Å². The van der Waals surface area contributed by atoms with Gasteiger partial charge in [-0.05, 0) is 32.9 Å². The largest absolute Gasteiger partial charge is 0.372 e. The molecule has 2 saturated heterocycles. The van der Waals surface area contributed by atoms with Crippen molar-refractivity contribution >= 4 is 0 Å². The number of rotatable bonds is 4. The van der Waals surface area contributed by atoms with Gasteiger partial charge in [0.15, 0.2) is 0 Å². The molecule has 0 aromatic carbocycles. The SMILES string of the molecule is C=C(C)/C=C\C(=C)N1CCC(N2CCN(C)CC2)CC1.CC. The van der Waals surface area contributed by atoms with E-state index in [-0.39, 0.29) is 0 Å². The maximum absolute atomic E-state index is 4.18. The first kappa shape index (κ1) is 19.0. The van der Waals surface area contributed by atoms with Crippen LogP contribution in [0.15, 0.2) is 36.6 Å². The number of likely N-dealkylation sites (N-methyl/N-ethyl adjacent to an activating group) is 1. The second-order valence-electron chi connectivity index (χ2n) is 6.23. The Balaban J connectivity index is 0.00000116. The molecule has 0 radical (unpaired) electrons. The molecule has 0 aliphatic carbocycles. The molecule has 126 valence electrons. The van der Waals surface area contributed by atoms with Gasteiger partial charge in [-0.3, -0.25) is 4.90 Å². The Kier molecular flexibility index (Phi) is 8.51. The number of likely N-dealkylation sites (tertiary alicyclic amines) is 1. The highest BCUT2D eigenvalue weighted by Crippen LogP contribution is 2.20. The van der Waals surface area contributed by atoms with Gasteiger partial charge in [-0.2, -0.15) is 0 Å². The van der Waals surface area contributed by atoms with E-state index in [2.05, 4.69) is 47.1 Å². The normalized spacial score (nSPS) is 21.5.